The van der Waals surface area contributed by atoms with Crippen molar-refractivity contribution in [3.05, 3.63) is 34.3 Å². The third kappa shape index (κ3) is 3.21. The van der Waals surface area contributed by atoms with Crippen molar-refractivity contribution in [3.63, 3.8) is 0 Å². The molecular formula is C14H20ClNO. The number of benzene rings is 1. The van der Waals surface area contributed by atoms with Crippen LogP contribution in [-0.2, 0) is 4.74 Å². The van der Waals surface area contributed by atoms with Crippen molar-refractivity contribution >= 4 is 11.6 Å². The second kappa shape index (κ2) is 5.85. The van der Waals surface area contributed by atoms with Gasteiger partial charge < -0.3 is 10.5 Å². The summed E-state index contributed by atoms with van der Waals surface area (Å²) in [6, 6.07) is 6.07. The second-order valence-corrected chi connectivity index (χ2v) is 5.17. The zero-order valence-corrected chi connectivity index (χ0v) is 11.0. The van der Waals surface area contributed by atoms with Gasteiger partial charge in [0.15, 0.2) is 0 Å². The molecule has 1 heterocycles. The molecule has 0 saturated carbocycles. The summed E-state index contributed by atoms with van der Waals surface area (Å²) < 4.78 is 5.60. The highest BCUT2D eigenvalue weighted by atomic mass is 35.5. The third-order valence-corrected chi connectivity index (χ3v) is 3.96. The van der Waals surface area contributed by atoms with Crippen molar-refractivity contribution < 1.29 is 4.74 Å². The van der Waals surface area contributed by atoms with Gasteiger partial charge in [-0.15, -0.1) is 0 Å². The third-order valence-electron chi connectivity index (χ3n) is 3.44. The lowest BCUT2D eigenvalue weighted by Gasteiger charge is -2.17. The summed E-state index contributed by atoms with van der Waals surface area (Å²) in [7, 11) is 0. The number of hydrogen-bond acceptors (Lipinski definition) is 2. The summed E-state index contributed by atoms with van der Waals surface area (Å²) in [5.41, 5.74) is 8.36. The van der Waals surface area contributed by atoms with Crippen LogP contribution in [0.25, 0.3) is 0 Å². The fourth-order valence-electron chi connectivity index (χ4n) is 2.35. The van der Waals surface area contributed by atoms with E-state index in [9.17, 15) is 0 Å². The Morgan fingerprint density at radius 1 is 1.53 bits per heavy atom. The Hall–Kier alpha value is -0.570. The average Bonchev–Trinajstić information content (AvgIpc) is 2.82. The Kier molecular flexibility index (Phi) is 4.43. The number of ether oxygens (including phenoxy) is 1. The van der Waals surface area contributed by atoms with Crippen LogP contribution in [0.5, 0.6) is 0 Å². The molecule has 1 aliphatic heterocycles. The fraction of sp³-hybridized carbons (Fsp3) is 0.571. The number of hydrogen-bond donors (Lipinski definition) is 1. The van der Waals surface area contributed by atoms with E-state index >= 15 is 0 Å². The van der Waals surface area contributed by atoms with E-state index in [1.807, 2.05) is 25.1 Å². The van der Waals surface area contributed by atoms with Crippen molar-refractivity contribution in [2.45, 2.75) is 44.8 Å². The Morgan fingerprint density at radius 2 is 2.35 bits per heavy atom. The molecule has 0 aromatic heterocycles. The van der Waals surface area contributed by atoms with E-state index in [1.165, 1.54) is 12.8 Å². The molecule has 0 amide bonds. The molecule has 17 heavy (non-hydrogen) atoms. The molecule has 0 aliphatic carbocycles. The van der Waals surface area contributed by atoms with Crippen LogP contribution in [0, 0.1) is 6.92 Å². The Bertz CT molecular complexity index is 374. The van der Waals surface area contributed by atoms with E-state index in [2.05, 4.69) is 0 Å². The maximum atomic E-state index is 6.27. The Morgan fingerprint density at radius 3 is 3.06 bits per heavy atom. The first-order valence-electron chi connectivity index (χ1n) is 6.30. The number of rotatable bonds is 4. The molecule has 2 unspecified atom stereocenters. The average molecular weight is 254 g/mol. The molecule has 2 rings (SSSR count). The lowest BCUT2D eigenvalue weighted by Crippen LogP contribution is -2.15. The quantitative estimate of drug-likeness (QED) is 0.890. The van der Waals surface area contributed by atoms with Gasteiger partial charge in [-0.1, -0.05) is 29.8 Å². The molecule has 1 aliphatic rings. The first-order valence-corrected chi connectivity index (χ1v) is 6.68. The molecule has 1 saturated heterocycles. The summed E-state index contributed by atoms with van der Waals surface area (Å²) in [5.74, 6) is 0. The highest BCUT2D eigenvalue weighted by molar-refractivity contribution is 6.32. The van der Waals surface area contributed by atoms with Crippen LogP contribution in [-0.4, -0.2) is 12.7 Å². The van der Waals surface area contributed by atoms with Gasteiger partial charge in [0.25, 0.3) is 0 Å². The molecular weight excluding hydrogens is 234 g/mol. The number of halogens is 1. The molecule has 2 nitrogen and oxygen atoms in total. The summed E-state index contributed by atoms with van der Waals surface area (Å²) in [6.45, 7) is 2.92. The maximum Gasteiger partial charge on any atom is 0.0576 e. The molecule has 2 atom stereocenters. The second-order valence-electron chi connectivity index (χ2n) is 4.80. The van der Waals surface area contributed by atoms with Crippen LogP contribution in [0.1, 0.15) is 42.9 Å². The van der Waals surface area contributed by atoms with E-state index in [1.54, 1.807) is 0 Å². The van der Waals surface area contributed by atoms with Crippen LogP contribution in [0.4, 0.5) is 0 Å². The number of aryl methyl sites for hydroxylation is 1. The molecule has 0 spiro atoms. The van der Waals surface area contributed by atoms with E-state index in [0.717, 1.165) is 35.6 Å². The SMILES string of the molecule is Cc1cccc(C(N)CCC2CCCO2)c1Cl. The van der Waals surface area contributed by atoms with E-state index < -0.39 is 0 Å². The van der Waals surface area contributed by atoms with Gasteiger partial charge >= 0.3 is 0 Å². The van der Waals surface area contributed by atoms with Gasteiger partial charge in [-0.25, -0.2) is 0 Å². The molecule has 94 valence electrons. The minimum Gasteiger partial charge on any atom is -0.378 e. The highest BCUT2D eigenvalue weighted by Crippen LogP contribution is 2.28. The summed E-state index contributed by atoms with van der Waals surface area (Å²) in [4.78, 5) is 0. The van der Waals surface area contributed by atoms with Gasteiger partial charge in [-0.2, -0.15) is 0 Å². The van der Waals surface area contributed by atoms with Gasteiger partial charge in [-0.3, -0.25) is 0 Å². The van der Waals surface area contributed by atoms with Crippen LogP contribution >= 0.6 is 11.6 Å². The first kappa shape index (κ1) is 12.9. The van der Waals surface area contributed by atoms with Crippen molar-refractivity contribution in [2.24, 2.45) is 5.73 Å². The predicted molar refractivity (Wildman–Crippen MR) is 71.3 cm³/mol. The Balaban J connectivity index is 1.94. The van der Waals surface area contributed by atoms with Crippen LogP contribution in [0.2, 0.25) is 5.02 Å². The zero-order valence-electron chi connectivity index (χ0n) is 10.3. The van der Waals surface area contributed by atoms with Gasteiger partial charge in [0, 0.05) is 17.7 Å². The highest BCUT2D eigenvalue weighted by Gasteiger charge is 2.18. The lowest BCUT2D eigenvalue weighted by atomic mass is 9.98. The maximum absolute atomic E-state index is 6.27. The van der Waals surface area contributed by atoms with E-state index in [0.29, 0.717) is 6.10 Å². The smallest absolute Gasteiger partial charge is 0.0576 e. The standard InChI is InChI=1S/C14H20ClNO/c1-10-4-2-6-12(14(10)15)13(16)8-7-11-5-3-9-17-11/h2,4,6,11,13H,3,5,7-9,16H2,1H3. The number of nitrogens with two attached hydrogens (primary N) is 1. The first-order chi connectivity index (χ1) is 8.18. The molecule has 2 N–H and O–H groups in total. The normalized spacial score (nSPS) is 21.7. The van der Waals surface area contributed by atoms with Crippen LogP contribution < -0.4 is 5.73 Å². The molecule has 0 radical (unpaired) electrons. The van der Waals surface area contributed by atoms with Crippen molar-refractivity contribution in [2.75, 3.05) is 6.61 Å². The molecule has 0 bridgehead atoms. The Labute approximate surface area is 108 Å². The predicted octanol–water partition coefficient (Wildman–Crippen LogP) is 3.61. The van der Waals surface area contributed by atoms with E-state index in [4.69, 9.17) is 22.1 Å². The summed E-state index contributed by atoms with van der Waals surface area (Å²) in [5, 5.41) is 0.812. The lowest BCUT2D eigenvalue weighted by molar-refractivity contribution is 0.101. The van der Waals surface area contributed by atoms with Gasteiger partial charge in [0.05, 0.1) is 6.10 Å². The van der Waals surface area contributed by atoms with Crippen molar-refractivity contribution in [3.8, 4) is 0 Å². The largest absolute Gasteiger partial charge is 0.378 e. The minimum atomic E-state index is 0.0200. The molecule has 1 aromatic rings. The van der Waals surface area contributed by atoms with Crippen LogP contribution in [0.3, 0.4) is 0 Å². The summed E-state index contributed by atoms with van der Waals surface area (Å²) in [6.07, 6.45) is 4.74. The van der Waals surface area contributed by atoms with Crippen molar-refractivity contribution in [1.82, 2.24) is 0 Å². The monoisotopic (exact) mass is 253 g/mol. The zero-order chi connectivity index (χ0) is 12.3. The molecule has 3 heteroatoms. The van der Waals surface area contributed by atoms with Crippen LogP contribution in [0.15, 0.2) is 18.2 Å². The minimum absolute atomic E-state index is 0.0200. The van der Waals surface area contributed by atoms with Crippen molar-refractivity contribution in [1.29, 1.82) is 0 Å². The van der Waals surface area contributed by atoms with E-state index in [-0.39, 0.29) is 6.04 Å². The molecule has 1 aromatic carbocycles. The van der Waals surface area contributed by atoms with Gasteiger partial charge in [0.1, 0.15) is 0 Å². The van der Waals surface area contributed by atoms with Gasteiger partial charge in [-0.05, 0) is 43.7 Å². The molecule has 1 fully saturated rings. The fourth-order valence-corrected chi connectivity index (χ4v) is 2.62. The summed E-state index contributed by atoms with van der Waals surface area (Å²) >= 11 is 6.27. The topological polar surface area (TPSA) is 35.2 Å². The van der Waals surface area contributed by atoms with Gasteiger partial charge in [0.2, 0.25) is 0 Å².